The molecule has 1 fully saturated rings. The van der Waals surface area contributed by atoms with Crippen LogP contribution >= 0.6 is 0 Å². The van der Waals surface area contributed by atoms with Crippen LogP contribution in [0.1, 0.15) is 0 Å². The maximum Gasteiger partial charge on any atom is 0.292 e. The summed E-state index contributed by atoms with van der Waals surface area (Å²) in [6, 6.07) is 6.82. The highest BCUT2D eigenvalue weighted by Crippen LogP contribution is 2.30. The Bertz CT molecular complexity index is 321. The van der Waals surface area contributed by atoms with E-state index in [1.807, 2.05) is 11.0 Å². The lowest BCUT2D eigenvalue weighted by molar-refractivity contribution is -0.384. The Morgan fingerprint density at radius 3 is 2.58 bits per heavy atom. The summed E-state index contributed by atoms with van der Waals surface area (Å²) in [5, 5.41) is 10.5. The highest BCUT2D eigenvalue weighted by atomic mass is 16.6. The lowest BCUT2D eigenvalue weighted by atomic mass is 10.3. The number of rotatable bonds is 2. The second-order valence-electron chi connectivity index (χ2n) is 2.73. The smallest absolute Gasteiger partial charge is 0.292 e. The summed E-state index contributed by atoms with van der Waals surface area (Å²) in [5.74, 6) is 0. The average Bonchev–Trinajstić information content (AvgIpc) is 2.87. The van der Waals surface area contributed by atoms with Crippen LogP contribution in [0.3, 0.4) is 0 Å². The number of hydrogen-bond donors (Lipinski definition) is 0. The van der Waals surface area contributed by atoms with Gasteiger partial charge in [0.25, 0.3) is 5.69 Å². The third-order valence-electron chi connectivity index (χ3n) is 1.87. The molecule has 1 aromatic rings. The summed E-state index contributed by atoms with van der Waals surface area (Å²) in [4.78, 5) is 12.2. The van der Waals surface area contributed by atoms with Crippen LogP contribution in [0.5, 0.6) is 0 Å². The zero-order chi connectivity index (χ0) is 8.55. The van der Waals surface area contributed by atoms with E-state index in [0.717, 1.165) is 18.8 Å². The fourth-order valence-corrected chi connectivity index (χ4v) is 1.18. The first-order chi connectivity index (χ1) is 5.79. The largest absolute Gasteiger partial charge is 0.362 e. The first-order valence-corrected chi connectivity index (χ1v) is 3.77. The molecule has 0 aliphatic carbocycles. The molecule has 1 heterocycles. The zero-order valence-corrected chi connectivity index (χ0v) is 6.43. The molecule has 0 amide bonds. The number of nitro groups is 1. The molecule has 4 nitrogen and oxygen atoms in total. The van der Waals surface area contributed by atoms with Crippen molar-refractivity contribution in [2.75, 3.05) is 18.0 Å². The van der Waals surface area contributed by atoms with Crippen molar-refractivity contribution in [3.8, 4) is 0 Å². The van der Waals surface area contributed by atoms with Crippen LogP contribution in [0, 0.1) is 10.1 Å². The van der Waals surface area contributed by atoms with Gasteiger partial charge in [0.15, 0.2) is 0 Å². The Kier molecular flexibility index (Phi) is 1.46. The number of para-hydroxylation sites is 2. The molecule has 0 N–H and O–H groups in total. The SMILES string of the molecule is O=[N+]([O-])c1ccccc1N1CC1. The summed E-state index contributed by atoms with van der Waals surface area (Å²) in [7, 11) is 0. The molecule has 0 saturated carbocycles. The van der Waals surface area contributed by atoms with Crippen LogP contribution < -0.4 is 4.90 Å². The fourth-order valence-electron chi connectivity index (χ4n) is 1.18. The number of hydrogen-bond acceptors (Lipinski definition) is 3. The minimum absolute atomic E-state index is 0.204. The molecule has 0 unspecified atom stereocenters. The summed E-state index contributed by atoms with van der Waals surface area (Å²) in [6.07, 6.45) is 0. The Hall–Kier alpha value is -1.58. The Labute approximate surface area is 69.6 Å². The molecule has 1 aliphatic heterocycles. The molecule has 12 heavy (non-hydrogen) atoms. The van der Waals surface area contributed by atoms with Crippen molar-refractivity contribution in [2.24, 2.45) is 0 Å². The molecular formula is C8H8N2O2. The van der Waals surface area contributed by atoms with Crippen molar-refractivity contribution >= 4 is 11.4 Å². The molecule has 0 radical (unpaired) electrons. The van der Waals surface area contributed by atoms with Gasteiger partial charge in [0.05, 0.1) is 4.92 Å². The standard InChI is InChI=1S/C8H8N2O2/c11-10(12)8-4-2-1-3-7(8)9-5-6-9/h1-4H,5-6H2. The molecular weight excluding hydrogens is 156 g/mol. The topological polar surface area (TPSA) is 46.1 Å². The molecule has 4 heteroatoms. The first kappa shape index (κ1) is 7.09. The van der Waals surface area contributed by atoms with Gasteiger partial charge < -0.3 is 4.90 Å². The molecule has 1 aromatic carbocycles. The summed E-state index contributed by atoms with van der Waals surface area (Å²) in [5.41, 5.74) is 0.942. The summed E-state index contributed by atoms with van der Waals surface area (Å²) < 4.78 is 0. The summed E-state index contributed by atoms with van der Waals surface area (Å²) >= 11 is 0. The second kappa shape index (κ2) is 2.48. The van der Waals surface area contributed by atoms with Crippen LogP contribution in [0.2, 0.25) is 0 Å². The van der Waals surface area contributed by atoms with E-state index in [9.17, 15) is 10.1 Å². The van der Waals surface area contributed by atoms with E-state index >= 15 is 0 Å². The molecule has 0 bridgehead atoms. The lowest BCUT2D eigenvalue weighted by Gasteiger charge is -2.01. The third-order valence-corrected chi connectivity index (χ3v) is 1.87. The van der Waals surface area contributed by atoms with Crippen LogP contribution in [-0.2, 0) is 0 Å². The predicted octanol–water partition coefficient (Wildman–Crippen LogP) is 1.41. The van der Waals surface area contributed by atoms with Crippen LogP contribution in [0.25, 0.3) is 0 Å². The minimum atomic E-state index is -0.340. The molecule has 0 spiro atoms. The molecule has 1 aliphatic rings. The number of benzene rings is 1. The highest BCUT2D eigenvalue weighted by Gasteiger charge is 2.25. The monoisotopic (exact) mass is 164 g/mol. The Morgan fingerprint density at radius 1 is 1.33 bits per heavy atom. The minimum Gasteiger partial charge on any atom is -0.362 e. The van der Waals surface area contributed by atoms with Crippen molar-refractivity contribution in [3.63, 3.8) is 0 Å². The van der Waals surface area contributed by atoms with E-state index in [1.54, 1.807) is 12.1 Å². The fraction of sp³-hybridized carbons (Fsp3) is 0.250. The Balaban J connectivity index is 2.43. The van der Waals surface area contributed by atoms with Crippen LogP contribution in [0.4, 0.5) is 11.4 Å². The Morgan fingerprint density at radius 2 is 2.00 bits per heavy atom. The highest BCUT2D eigenvalue weighted by molar-refractivity contribution is 5.65. The molecule has 0 aromatic heterocycles. The van der Waals surface area contributed by atoms with Gasteiger partial charge in [0.1, 0.15) is 5.69 Å². The quantitative estimate of drug-likeness (QED) is 0.377. The van der Waals surface area contributed by atoms with Gasteiger partial charge in [-0.1, -0.05) is 12.1 Å². The van der Waals surface area contributed by atoms with Gasteiger partial charge >= 0.3 is 0 Å². The summed E-state index contributed by atoms with van der Waals surface area (Å²) in [6.45, 7) is 1.87. The van der Waals surface area contributed by atoms with E-state index in [2.05, 4.69) is 0 Å². The van der Waals surface area contributed by atoms with Crippen molar-refractivity contribution in [1.29, 1.82) is 0 Å². The van der Waals surface area contributed by atoms with Gasteiger partial charge in [-0.25, -0.2) is 0 Å². The van der Waals surface area contributed by atoms with Crippen molar-refractivity contribution in [3.05, 3.63) is 34.4 Å². The molecule has 0 atom stereocenters. The maximum absolute atomic E-state index is 10.5. The average molecular weight is 164 g/mol. The molecule has 2 rings (SSSR count). The van der Waals surface area contributed by atoms with E-state index in [0.29, 0.717) is 0 Å². The van der Waals surface area contributed by atoms with Crippen molar-refractivity contribution < 1.29 is 4.92 Å². The third kappa shape index (κ3) is 1.11. The van der Waals surface area contributed by atoms with E-state index in [1.165, 1.54) is 6.07 Å². The van der Waals surface area contributed by atoms with E-state index in [-0.39, 0.29) is 10.6 Å². The van der Waals surface area contributed by atoms with Gasteiger partial charge in [-0.3, -0.25) is 10.1 Å². The zero-order valence-electron chi connectivity index (χ0n) is 6.43. The van der Waals surface area contributed by atoms with Gasteiger partial charge in [-0.2, -0.15) is 0 Å². The van der Waals surface area contributed by atoms with Gasteiger partial charge in [-0.15, -0.1) is 0 Å². The molecule has 1 saturated heterocycles. The second-order valence-corrected chi connectivity index (χ2v) is 2.73. The molecule has 62 valence electrons. The predicted molar refractivity (Wildman–Crippen MR) is 45.3 cm³/mol. The van der Waals surface area contributed by atoms with Crippen LogP contribution in [0.15, 0.2) is 24.3 Å². The van der Waals surface area contributed by atoms with Gasteiger partial charge in [0.2, 0.25) is 0 Å². The number of anilines is 1. The van der Waals surface area contributed by atoms with Crippen molar-refractivity contribution in [2.45, 2.75) is 0 Å². The van der Waals surface area contributed by atoms with Gasteiger partial charge in [-0.05, 0) is 6.07 Å². The normalized spacial score (nSPS) is 14.5. The number of nitro benzene ring substituents is 1. The van der Waals surface area contributed by atoms with E-state index in [4.69, 9.17) is 0 Å². The first-order valence-electron chi connectivity index (χ1n) is 3.77. The van der Waals surface area contributed by atoms with Crippen LogP contribution in [-0.4, -0.2) is 18.0 Å². The lowest BCUT2D eigenvalue weighted by Crippen LogP contribution is -1.97. The van der Waals surface area contributed by atoms with Crippen molar-refractivity contribution in [1.82, 2.24) is 0 Å². The van der Waals surface area contributed by atoms with Gasteiger partial charge in [0, 0.05) is 19.2 Å². The maximum atomic E-state index is 10.5. The number of nitrogens with zero attached hydrogens (tertiary/aromatic N) is 2. The van der Waals surface area contributed by atoms with E-state index < -0.39 is 0 Å².